The number of hydrogen-bond donors (Lipinski definition) is 1. The summed E-state index contributed by atoms with van der Waals surface area (Å²) in [5.74, 6) is -0.0907. The molecule has 1 fully saturated rings. The van der Waals surface area contributed by atoms with Gasteiger partial charge in [0.2, 0.25) is 0 Å². The van der Waals surface area contributed by atoms with Crippen LogP contribution in [0, 0.1) is 5.82 Å². The number of benzene rings is 1. The van der Waals surface area contributed by atoms with E-state index in [0.29, 0.717) is 18.6 Å². The second-order valence-corrected chi connectivity index (χ2v) is 6.16. The van der Waals surface area contributed by atoms with Crippen LogP contribution in [0.1, 0.15) is 52.0 Å². The lowest BCUT2D eigenvalue weighted by Gasteiger charge is -2.31. The molecule has 2 nitrogen and oxygen atoms in total. The van der Waals surface area contributed by atoms with Crippen molar-refractivity contribution in [3.63, 3.8) is 0 Å². The molecule has 1 N–H and O–H groups in total. The van der Waals surface area contributed by atoms with Crippen molar-refractivity contribution in [1.82, 2.24) is 5.32 Å². The molecular formula is C17H27FN2. The average molecular weight is 278 g/mol. The van der Waals surface area contributed by atoms with E-state index in [2.05, 4.69) is 37.1 Å². The number of nitrogens with zero attached hydrogens (tertiary/aromatic N) is 1. The summed E-state index contributed by atoms with van der Waals surface area (Å²) >= 11 is 0. The van der Waals surface area contributed by atoms with Gasteiger partial charge in [-0.3, -0.25) is 0 Å². The third kappa shape index (κ3) is 3.72. The Morgan fingerprint density at radius 3 is 2.85 bits per heavy atom. The van der Waals surface area contributed by atoms with Gasteiger partial charge in [-0.05, 0) is 31.9 Å². The molecule has 0 aliphatic carbocycles. The normalized spacial score (nSPS) is 20.2. The van der Waals surface area contributed by atoms with Crippen LogP contribution in [0.15, 0.2) is 18.2 Å². The van der Waals surface area contributed by atoms with Crippen molar-refractivity contribution in [2.75, 3.05) is 11.4 Å². The Bertz CT molecular complexity index is 431. The minimum atomic E-state index is -0.0907. The van der Waals surface area contributed by atoms with E-state index in [1.807, 2.05) is 6.07 Å². The molecule has 0 bridgehead atoms. The highest BCUT2D eigenvalue weighted by Crippen LogP contribution is 2.29. The highest BCUT2D eigenvalue weighted by Gasteiger charge is 2.21. The first-order chi connectivity index (χ1) is 9.59. The molecule has 1 saturated heterocycles. The minimum Gasteiger partial charge on any atom is -0.368 e. The lowest BCUT2D eigenvalue weighted by atomic mass is 10.1. The van der Waals surface area contributed by atoms with E-state index in [-0.39, 0.29) is 5.82 Å². The number of anilines is 1. The van der Waals surface area contributed by atoms with Gasteiger partial charge in [0.1, 0.15) is 5.82 Å². The van der Waals surface area contributed by atoms with Gasteiger partial charge in [-0.25, -0.2) is 4.39 Å². The van der Waals surface area contributed by atoms with Crippen molar-refractivity contribution in [2.45, 2.75) is 65.1 Å². The van der Waals surface area contributed by atoms with Crippen LogP contribution in [0.25, 0.3) is 0 Å². The summed E-state index contributed by atoms with van der Waals surface area (Å²) in [6.45, 7) is 8.09. The Morgan fingerprint density at radius 2 is 2.10 bits per heavy atom. The predicted octanol–water partition coefficient (Wildman–Crippen LogP) is 4.09. The van der Waals surface area contributed by atoms with Crippen LogP contribution in [0.5, 0.6) is 0 Å². The molecule has 2 rings (SSSR count). The minimum absolute atomic E-state index is 0.0907. The molecular weight excluding hydrogens is 251 g/mol. The smallest absolute Gasteiger partial charge is 0.129 e. The molecule has 1 heterocycles. The highest BCUT2D eigenvalue weighted by molar-refractivity contribution is 5.55. The van der Waals surface area contributed by atoms with Crippen LogP contribution in [0.2, 0.25) is 0 Å². The summed E-state index contributed by atoms with van der Waals surface area (Å²) in [4.78, 5) is 2.40. The van der Waals surface area contributed by atoms with Crippen LogP contribution in [-0.4, -0.2) is 18.6 Å². The van der Waals surface area contributed by atoms with Crippen LogP contribution in [-0.2, 0) is 6.54 Å². The molecule has 0 amide bonds. The molecule has 0 saturated carbocycles. The molecule has 3 heteroatoms. The van der Waals surface area contributed by atoms with E-state index < -0.39 is 0 Å². The van der Waals surface area contributed by atoms with Gasteiger partial charge in [-0.15, -0.1) is 0 Å². The van der Waals surface area contributed by atoms with Crippen LogP contribution in [0.3, 0.4) is 0 Å². The number of nitrogens with one attached hydrogen (secondary N) is 1. The molecule has 0 aromatic heterocycles. The first-order valence-electron chi connectivity index (χ1n) is 7.87. The fourth-order valence-corrected chi connectivity index (χ4v) is 2.93. The molecule has 1 unspecified atom stereocenters. The summed E-state index contributed by atoms with van der Waals surface area (Å²) in [5, 5.41) is 3.35. The molecule has 1 aromatic rings. The van der Waals surface area contributed by atoms with E-state index in [1.165, 1.54) is 25.7 Å². The topological polar surface area (TPSA) is 15.3 Å². The monoisotopic (exact) mass is 278 g/mol. The summed E-state index contributed by atoms with van der Waals surface area (Å²) in [6, 6.07) is 6.34. The fourth-order valence-electron chi connectivity index (χ4n) is 2.93. The SMILES string of the molecule is CC(C)NCc1c(F)cccc1N1CCCCCC1C. The van der Waals surface area contributed by atoms with Gasteiger partial charge in [0.25, 0.3) is 0 Å². The van der Waals surface area contributed by atoms with E-state index >= 15 is 0 Å². The zero-order chi connectivity index (χ0) is 14.5. The number of halogens is 1. The van der Waals surface area contributed by atoms with Crippen molar-refractivity contribution in [3.8, 4) is 0 Å². The van der Waals surface area contributed by atoms with Gasteiger partial charge in [0, 0.05) is 36.4 Å². The van der Waals surface area contributed by atoms with Gasteiger partial charge in [-0.2, -0.15) is 0 Å². The van der Waals surface area contributed by atoms with E-state index in [0.717, 1.165) is 17.8 Å². The molecule has 1 aromatic carbocycles. The fraction of sp³-hybridized carbons (Fsp3) is 0.647. The summed E-state index contributed by atoms with van der Waals surface area (Å²) in [7, 11) is 0. The summed E-state index contributed by atoms with van der Waals surface area (Å²) in [6.07, 6.45) is 4.98. The maximum absolute atomic E-state index is 14.2. The second-order valence-electron chi connectivity index (χ2n) is 6.16. The lowest BCUT2D eigenvalue weighted by Crippen LogP contribution is -2.34. The van der Waals surface area contributed by atoms with Gasteiger partial charge in [0.05, 0.1) is 0 Å². The van der Waals surface area contributed by atoms with E-state index in [9.17, 15) is 4.39 Å². The average Bonchev–Trinajstić information content (AvgIpc) is 2.61. The quantitative estimate of drug-likeness (QED) is 0.892. The summed E-state index contributed by atoms with van der Waals surface area (Å²) < 4.78 is 14.2. The van der Waals surface area contributed by atoms with Gasteiger partial charge in [0.15, 0.2) is 0 Å². The van der Waals surface area contributed by atoms with Crippen molar-refractivity contribution >= 4 is 5.69 Å². The van der Waals surface area contributed by atoms with E-state index in [4.69, 9.17) is 0 Å². The first-order valence-corrected chi connectivity index (χ1v) is 7.87. The van der Waals surface area contributed by atoms with E-state index in [1.54, 1.807) is 6.07 Å². The molecule has 0 radical (unpaired) electrons. The van der Waals surface area contributed by atoms with Crippen LogP contribution < -0.4 is 10.2 Å². The van der Waals surface area contributed by atoms with Gasteiger partial charge >= 0.3 is 0 Å². The van der Waals surface area contributed by atoms with Crippen molar-refractivity contribution in [3.05, 3.63) is 29.6 Å². The van der Waals surface area contributed by atoms with Crippen molar-refractivity contribution in [1.29, 1.82) is 0 Å². The zero-order valence-electron chi connectivity index (χ0n) is 13.0. The van der Waals surface area contributed by atoms with Crippen LogP contribution >= 0.6 is 0 Å². The maximum atomic E-state index is 14.2. The Morgan fingerprint density at radius 1 is 1.30 bits per heavy atom. The second kappa shape index (κ2) is 7.07. The van der Waals surface area contributed by atoms with Gasteiger partial charge < -0.3 is 10.2 Å². The standard InChI is InChI=1S/C17H27FN2/c1-13(2)19-12-15-16(18)9-7-10-17(15)20-11-6-4-5-8-14(20)3/h7,9-10,13-14,19H,4-6,8,11-12H2,1-3H3. The largest absolute Gasteiger partial charge is 0.368 e. The molecule has 1 aliphatic heterocycles. The third-order valence-corrected chi connectivity index (χ3v) is 4.14. The molecule has 1 aliphatic rings. The Balaban J connectivity index is 2.26. The third-order valence-electron chi connectivity index (χ3n) is 4.14. The molecule has 112 valence electrons. The van der Waals surface area contributed by atoms with Crippen molar-refractivity contribution in [2.24, 2.45) is 0 Å². The summed E-state index contributed by atoms with van der Waals surface area (Å²) in [5.41, 5.74) is 1.89. The van der Waals surface area contributed by atoms with Crippen molar-refractivity contribution < 1.29 is 4.39 Å². The molecule has 1 atom stereocenters. The first kappa shape index (κ1) is 15.3. The predicted molar refractivity (Wildman–Crippen MR) is 83.7 cm³/mol. The maximum Gasteiger partial charge on any atom is 0.129 e. The highest BCUT2D eigenvalue weighted by atomic mass is 19.1. The Kier molecular flexibility index (Phi) is 5.41. The Hall–Kier alpha value is -1.09. The zero-order valence-corrected chi connectivity index (χ0v) is 13.0. The molecule has 0 spiro atoms. The lowest BCUT2D eigenvalue weighted by molar-refractivity contribution is 0.547. The number of hydrogen-bond acceptors (Lipinski definition) is 2. The van der Waals surface area contributed by atoms with Gasteiger partial charge in [-0.1, -0.05) is 32.8 Å². The number of rotatable bonds is 4. The Labute approximate surface area is 122 Å². The van der Waals surface area contributed by atoms with Crippen LogP contribution in [0.4, 0.5) is 10.1 Å². The molecule has 20 heavy (non-hydrogen) atoms.